The lowest BCUT2D eigenvalue weighted by molar-refractivity contribution is 0.0947. The summed E-state index contributed by atoms with van der Waals surface area (Å²) in [5.74, 6) is -0.375. The van der Waals surface area contributed by atoms with Gasteiger partial charge in [-0.1, -0.05) is 18.2 Å². The predicted octanol–water partition coefficient (Wildman–Crippen LogP) is 3.21. The fourth-order valence-corrected chi connectivity index (χ4v) is 2.12. The van der Waals surface area contributed by atoms with E-state index < -0.39 is 11.7 Å². The molecule has 5 heteroatoms. The summed E-state index contributed by atoms with van der Waals surface area (Å²) in [6.07, 6.45) is 0. The van der Waals surface area contributed by atoms with Crippen molar-refractivity contribution in [2.75, 3.05) is 0 Å². The van der Waals surface area contributed by atoms with Crippen LogP contribution in [0.4, 0.5) is 4.39 Å². The zero-order valence-corrected chi connectivity index (χ0v) is 11.4. The molecule has 21 heavy (non-hydrogen) atoms. The first-order valence-electron chi connectivity index (χ1n) is 6.52. The van der Waals surface area contributed by atoms with E-state index >= 15 is 0 Å². The van der Waals surface area contributed by atoms with Crippen LogP contribution in [0, 0.1) is 12.7 Å². The molecule has 0 saturated carbocycles. The van der Waals surface area contributed by atoms with Crippen LogP contribution in [0.25, 0.3) is 11.1 Å². The molecule has 0 fully saturated rings. The molecule has 0 bridgehead atoms. The van der Waals surface area contributed by atoms with Crippen molar-refractivity contribution in [3.63, 3.8) is 0 Å². The Balaban J connectivity index is 1.74. The number of aromatic nitrogens is 1. The number of hydrogen-bond donors (Lipinski definition) is 1. The molecular weight excluding hydrogens is 271 g/mol. The number of oxazole rings is 1. The molecule has 0 aliphatic carbocycles. The highest BCUT2D eigenvalue weighted by Gasteiger charge is 2.10. The Morgan fingerprint density at radius 3 is 2.90 bits per heavy atom. The summed E-state index contributed by atoms with van der Waals surface area (Å²) in [6, 6.07) is 11.4. The molecule has 0 saturated heterocycles. The Morgan fingerprint density at radius 1 is 1.29 bits per heavy atom. The molecule has 1 N–H and O–H groups in total. The van der Waals surface area contributed by atoms with Crippen molar-refractivity contribution in [2.45, 2.75) is 13.5 Å². The Hall–Kier alpha value is -2.69. The van der Waals surface area contributed by atoms with E-state index in [0.29, 0.717) is 18.0 Å². The summed E-state index contributed by atoms with van der Waals surface area (Å²) in [5.41, 5.74) is 2.36. The molecule has 0 radical (unpaired) electrons. The largest absolute Gasteiger partial charge is 0.441 e. The summed E-state index contributed by atoms with van der Waals surface area (Å²) in [5, 5.41) is 2.69. The van der Waals surface area contributed by atoms with Gasteiger partial charge in [0.15, 0.2) is 11.5 Å². The Labute approximate surface area is 120 Å². The quantitative estimate of drug-likeness (QED) is 0.803. The number of nitrogens with zero attached hydrogens (tertiary/aromatic N) is 1. The number of aryl methyl sites for hydroxylation is 1. The number of nitrogens with one attached hydrogen (secondary N) is 1. The van der Waals surface area contributed by atoms with Crippen molar-refractivity contribution in [1.82, 2.24) is 10.3 Å². The molecule has 4 nitrogen and oxygen atoms in total. The molecule has 1 heterocycles. The van der Waals surface area contributed by atoms with Gasteiger partial charge >= 0.3 is 0 Å². The number of carbonyl (C=O) groups is 1. The minimum Gasteiger partial charge on any atom is -0.441 e. The van der Waals surface area contributed by atoms with E-state index in [9.17, 15) is 9.18 Å². The molecule has 3 aromatic rings. The van der Waals surface area contributed by atoms with Crippen molar-refractivity contribution in [2.24, 2.45) is 0 Å². The summed E-state index contributed by atoms with van der Waals surface area (Å²) in [4.78, 5) is 16.2. The maximum Gasteiger partial charge on any atom is 0.254 e. The van der Waals surface area contributed by atoms with Gasteiger partial charge in [-0.3, -0.25) is 4.79 Å². The van der Waals surface area contributed by atoms with Crippen LogP contribution >= 0.6 is 0 Å². The van der Waals surface area contributed by atoms with Gasteiger partial charge < -0.3 is 9.73 Å². The molecule has 0 unspecified atom stereocenters. The minimum absolute atomic E-state index is 0.0378. The molecule has 2 aromatic carbocycles. The SMILES string of the molecule is Cc1nc2cc(CNC(=O)c3ccccc3F)ccc2o1. The number of carbonyl (C=O) groups excluding carboxylic acids is 1. The van der Waals surface area contributed by atoms with Crippen LogP contribution < -0.4 is 5.32 Å². The molecular formula is C16H13FN2O2. The maximum absolute atomic E-state index is 13.5. The van der Waals surface area contributed by atoms with Crippen LogP contribution in [-0.4, -0.2) is 10.9 Å². The average Bonchev–Trinajstić information content (AvgIpc) is 2.84. The van der Waals surface area contributed by atoms with Gasteiger partial charge in [-0.15, -0.1) is 0 Å². The molecule has 0 spiro atoms. The van der Waals surface area contributed by atoms with E-state index in [0.717, 1.165) is 11.1 Å². The van der Waals surface area contributed by atoms with Crippen LogP contribution in [0.2, 0.25) is 0 Å². The highest BCUT2D eigenvalue weighted by atomic mass is 19.1. The standard InChI is InChI=1S/C16H13FN2O2/c1-10-19-14-8-11(6-7-15(14)21-10)9-18-16(20)12-4-2-3-5-13(12)17/h2-8H,9H2,1H3,(H,18,20). The Bertz CT molecular complexity index is 811. The normalized spacial score (nSPS) is 10.8. The number of benzene rings is 2. The summed E-state index contributed by atoms with van der Waals surface area (Å²) in [7, 11) is 0. The third-order valence-electron chi connectivity index (χ3n) is 3.13. The first-order chi connectivity index (χ1) is 10.1. The van der Waals surface area contributed by atoms with Crippen molar-refractivity contribution >= 4 is 17.0 Å². The predicted molar refractivity (Wildman–Crippen MR) is 76.3 cm³/mol. The zero-order chi connectivity index (χ0) is 14.8. The van der Waals surface area contributed by atoms with Crippen molar-refractivity contribution < 1.29 is 13.6 Å². The molecule has 106 valence electrons. The highest BCUT2D eigenvalue weighted by Crippen LogP contribution is 2.16. The van der Waals surface area contributed by atoms with E-state index in [2.05, 4.69) is 10.3 Å². The van der Waals surface area contributed by atoms with Gasteiger partial charge in [0.1, 0.15) is 11.3 Å². The van der Waals surface area contributed by atoms with Gasteiger partial charge in [-0.25, -0.2) is 9.37 Å². The van der Waals surface area contributed by atoms with Gasteiger partial charge in [-0.05, 0) is 29.8 Å². The fourth-order valence-electron chi connectivity index (χ4n) is 2.12. The average molecular weight is 284 g/mol. The van der Waals surface area contributed by atoms with Crippen LogP contribution in [-0.2, 0) is 6.54 Å². The van der Waals surface area contributed by atoms with E-state index in [-0.39, 0.29) is 5.56 Å². The van der Waals surface area contributed by atoms with Crippen LogP contribution in [0.3, 0.4) is 0 Å². The van der Waals surface area contributed by atoms with Crippen molar-refractivity contribution in [3.8, 4) is 0 Å². The van der Waals surface area contributed by atoms with Gasteiger partial charge in [0.2, 0.25) is 0 Å². The molecule has 1 amide bonds. The van der Waals surface area contributed by atoms with Gasteiger partial charge in [0.05, 0.1) is 5.56 Å². The smallest absolute Gasteiger partial charge is 0.254 e. The summed E-state index contributed by atoms with van der Waals surface area (Å²) >= 11 is 0. The first-order valence-corrected chi connectivity index (χ1v) is 6.52. The van der Waals surface area contributed by atoms with E-state index in [1.165, 1.54) is 12.1 Å². The molecule has 1 aromatic heterocycles. The first kappa shape index (κ1) is 13.3. The second kappa shape index (κ2) is 5.36. The third kappa shape index (κ3) is 2.76. The lowest BCUT2D eigenvalue weighted by atomic mass is 10.1. The molecule has 0 aliphatic heterocycles. The second-order valence-electron chi connectivity index (χ2n) is 4.70. The maximum atomic E-state index is 13.5. The molecule has 0 aliphatic rings. The third-order valence-corrected chi connectivity index (χ3v) is 3.13. The number of amides is 1. The van der Waals surface area contributed by atoms with E-state index in [1.807, 2.05) is 12.1 Å². The number of fused-ring (bicyclic) bond motifs is 1. The van der Waals surface area contributed by atoms with Crippen LogP contribution in [0.5, 0.6) is 0 Å². The van der Waals surface area contributed by atoms with Crippen LogP contribution in [0.1, 0.15) is 21.8 Å². The van der Waals surface area contributed by atoms with E-state index in [1.54, 1.807) is 25.1 Å². The van der Waals surface area contributed by atoms with Crippen molar-refractivity contribution in [1.29, 1.82) is 0 Å². The van der Waals surface area contributed by atoms with Gasteiger partial charge in [0.25, 0.3) is 5.91 Å². The van der Waals surface area contributed by atoms with E-state index in [4.69, 9.17) is 4.42 Å². The highest BCUT2D eigenvalue weighted by molar-refractivity contribution is 5.94. The Morgan fingerprint density at radius 2 is 2.10 bits per heavy atom. The second-order valence-corrected chi connectivity index (χ2v) is 4.70. The number of halogens is 1. The van der Waals surface area contributed by atoms with Crippen LogP contribution in [0.15, 0.2) is 46.9 Å². The zero-order valence-electron chi connectivity index (χ0n) is 11.4. The minimum atomic E-state index is -0.530. The monoisotopic (exact) mass is 284 g/mol. The van der Waals surface area contributed by atoms with Gasteiger partial charge in [0, 0.05) is 13.5 Å². The topological polar surface area (TPSA) is 55.1 Å². The Kier molecular flexibility index (Phi) is 3.39. The number of hydrogen-bond acceptors (Lipinski definition) is 3. The molecule has 0 atom stereocenters. The lowest BCUT2D eigenvalue weighted by Gasteiger charge is -2.06. The van der Waals surface area contributed by atoms with Crippen molar-refractivity contribution in [3.05, 3.63) is 65.3 Å². The summed E-state index contributed by atoms with van der Waals surface area (Å²) < 4.78 is 18.9. The molecule has 3 rings (SSSR count). The summed E-state index contributed by atoms with van der Waals surface area (Å²) in [6.45, 7) is 2.08. The fraction of sp³-hybridized carbons (Fsp3) is 0.125. The lowest BCUT2D eigenvalue weighted by Crippen LogP contribution is -2.23. The van der Waals surface area contributed by atoms with Gasteiger partial charge in [-0.2, -0.15) is 0 Å². The number of rotatable bonds is 3.